The Labute approximate surface area is 356 Å². The summed E-state index contributed by atoms with van der Waals surface area (Å²) in [6.45, 7) is 3.17. The zero-order chi connectivity index (χ0) is 43.0. The van der Waals surface area contributed by atoms with Crippen LogP contribution in [0.3, 0.4) is 0 Å². The monoisotopic (exact) mass is 827 g/mol. The van der Waals surface area contributed by atoms with E-state index >= 15 is 0 Å². The van der Waals surface area contributed by atoms with Crippen LogP contribution in [0.25, 0.3) is 0 Å². The number of hydrogen-bond donors (Lipinski definition) is 4. The van der Waals surface area contributed by atoms with Crippen molar-refractivity contribution in [3.05, 3.63) is 97.2 Å². The predicted octanol–water partition coefficient (Wildman–Crippen LogP) is 9.55. The highest BCUT2D eigenvalue weighted by atomic mass is 16.7. The fourth-order valence-electron chi connectivity index (χ4n) is 5.97. The van der Waals surface area contributed by atoms with Gasteiger partial charge >= 0.3 is 11.9 Å². The summed E-state index contributed by atoms with van der Waals surface area (Å²) in [4.78, 5) is 25.3. The van der Waals surface area contributed by atoms with Crippen molar-refractivity contribution < 1.29 is 49.0 Å². The summed E-state index contributed by atoms with van der Waals surface area (Å²) in [5.74, 6) is -0.933. The van der Waals surface area contributed by atoms with E-state index in [9.17, 15) is 30.0 Å². The van der Waals surface area contributed by atoms with E-state index < -0.39 is 55.4 Å². The summed E-state index contributed by atoms with van der Waals surface area (Å²) in [7, 11) is 0. The van der Waals surface area contributed by atoms with Crippen molar-refractivity contribution in [3.8, 4) is 0 Å². The van der Waals surface area contributed by atoms with Crippen molar-refractivity contribution in [2.24, 2.45) is 0 Å². The maximum absolute atomic E-state index is 12.7. The molecule has 1 fully saturated rings. The highest BCUT2D eigenvalue weighted by molar-refractivity contribution is 5.70. The lowest BCUT2D eigenvalue weighted by Crippen LogP contribution is -2.59. The molecule has 4 N–H and O–H groups in total. The smallest absolute Gasteiger partial charge is 0.306 e. The minimum atomic E-state index is -1.62. The van der Waals surface area contributed by atoms with Gasteiger partial charge in [-0.15, -0.1) is 0 Å². The van der Waals surface area contributed by atoms with E-state index in [1.165, 1.54) is 25.7 Å². The topological polar surface area (TPSA) is 152 Å². The fraction of sp³-hybridized carbons (Fsp3) is 0.633. The normalized spacial score (nSPS) is 20.9. The first-order valence-electron chi connectivity index (χ1n) is 22.3. The van der Waals surface area contributed by atoms with Gasteiger partial charge in [0.25, 0.3) is 0 Å². The molecule has 10 nitrogen and oxygen atoms in total. The zero-order valence-corrected chi connectivity index (χ0v) is 36.2. The summed E-state index contributed by atoms with van der Waals surface area (Å²) < 4.78 is 22.0. The lowest BCUT2D eigenvalue weighted by atomic mass is 9.99. The molecule has 1 saturated heterocycles. The minimum absolute atomic E-state index is 0.0955. The van der Waals surface area contributed by atoms with Crippen molar-refractivity contribution in [3.63, 3.8) is 0 Å². The molecule has 2 unspecified atom stereocenters. The van der Waals surface area contributed by atoms with Crippen LogP contribution in [0, 0.1) is 0 Å². The Morgan fingerprint density at radius 1 is 0.559 bits per heavy atom. The summed E-state index contributed by atoms with van der Waals surface area (Å²) in [5.41, 5.74) is 0. The molecule has 1 heterocycles. The van der Waals surface area contributed by atoms with Crippen LogP contribution in [0.5, 0.6) is 0 Å². The third-order valence-corrected chi connectivity index (χ3v) is 9.49. The van der Waals surface area contributed by atoms with Gasteiger partial charge in [0.15, 0.2) is 12.4 Å². The SMILES string of the molecule is CC/C=C/C/C=C/C/C=C/C/C=C/C/C=C/C/C=C/CCC(=O)O[C@H](COC(=O)CCCCCCC/C=C/C=C/CCCCCC)CO[C@@H]1O[C@H](CO)[C@H](O)C(O)C1O. The number of carbonyl (C=O) groups excluding carboxylic acids is 2. The van der Waals surface area contributed by atoms with Crippen LogP contribution in [0.4, 0.5) is 0 Å². The molecular weight excluding hydrogens is 749 g/mol. The van der Waals surface area contributed by atoms with Crippen molar-refractivity contribution in [1.82, 2.24) is 0 Å². The lowest BCUT2D eigenvalue weighted by Gasteiger charge is -2.39. The van der Waals surface area contributed by atoms with Crippen LogP contribution in [0.2, 0.25) is 0 Å². The molecule has 0 spiro atoms. The average molecular weight is 827 g/mol. The molecule has 6 atom stereocenters. The Morgan fingerprint density at radius 3 is 1.64 bits per heavy atom. The van der Waals surface area contributed by atoms with Gasteiger partial charge in [0.05, 0.1) is 13.2 Å². The Hall–Kier alpha value is -3.38. The zero-order valence-electron chi connectivity index (χ0n) is 36.2. The first-order chi connectivity index (χ1) is 28.8. The van der Waals surface area contributed by atoms with Crippen LogP contribution in [-0.2, 0) is 28.5 Å². The summed E-state index contributed by atoms with van der Waals surface area (Å²) in [6.07, 6.45) is 44.2. The maximum Gasteiger partial charge on any atom is 0.306 e. The Morgan fingerprint density at radius 2 is 1.08 bits per heavy atom. The van der Waals surface area contributed by atoms with Crippen LogP contribution >= 0.6 is 0 Å². The second-order valence-corrected chi connectivity index (χ2v) is 14.8. The number of aliphatic hydroxyl groups is 4. The number of carbonyl (C=O) groups is 2. The van der Waals surface area contributed by atoms with E-state index in [2.05, 4.69) is 98.9 Å². The van der Waals surface area contributed by atoms with E-state index in [4.69, 9.17) is 18.9 Å². The van der Waals surface area contributed by atoms with Gasteiger partial charge in [-0.1, -0.05) is 150 Å². The predicted molar refractivity (Wildman–Crippen MR) is 237 cm³/mol. The van der Waals surface area contributed by atoms with Gasteiger partial charge in [0.1, 0.15) is 31.0 Å². The molecule has 1 rings (SSSR count). The van der Waals surface area contributed by atoms with Crippen molar-refractivity contribution >= 4 is 11.9 Å². The van der Waals surface area contributed by atoms with Crippen LogP contribution in [0.1, 0.15) is 142 Å². The van der Waals surface area contributed by atoms with Crippen LogP contribution < -0.4 is 0 Å². The first kappa shape index (κ1) is 53.6. The molecule has 0 saturated carbocycles. The van der Waals surface area contributed by atoms with Crippen molar-refractivity contribution in [2.75, 3.05) is 19.8 Å². The molecular formula is C49H78O10. The van der Waals surface area contributed by atoms with Gasteiger partial charge < -0.3 is 39.4 Å². The molecule has 59 heavy (non-hydrogen) atoms. The van der Waals surface area contributed by atoms with Gasteiger partial charge in [-0.2, -0.15) is 0 Å². The lowest BCUT2D eigenvalue weighted by molar-refractivity contribution is -0.305. The van der Waals surface area contributed by atoms with E-state index in [1.807, 2.05) is 12.2 Å². The van der Waals surface area contributed by atoms with Crippen LogP contribution in [-0.4, -0.2) is 89.0 Å². The number of esters is 2. The fourth-order valence-corrected chi connectivity index (χ4v) is 5.97. The molecule has 10 heteroatoms. The molecule has 1 aliphatic rings. The Bertz CT molecular complexity index is 1280. The molecule has 0 aromatic rings. The van der Waals surface area contributed by atoms with E-state index in [1.54, 1.807) is 0 Å². The standard InChI is InChI=1S/C49H78O10/c1-3-5-7-9-11-13-15-17-19-20-21-22-24-26-28-30-32-34-36-38-45(52)58-42(41-57-49-48(55)47(54)46(53)43(39-50)59-49)40-56-44(51)37-35-33-31-29-27-25-23-18-16-14-12-10-8-6-4-2/h5,7,11,13-14,16-19,21-23,26,28,32,34,42-43,46-50,53-55H,3-4,6,8-10,12,15,20,24-25,27,29-31,33,35-41H2,1-2H3/b7-5+,13-11+,16-14+,19-17+,22-21+,23-18+,28-26+,34-32+/t42-,43-,46+,47?,48?,49-/m1/s1. The molecule has 0 amide bonds. The number of rotatable bonds is 35. The summed E-state index contributed by atoms with van der Waals surface area (Å²) in [5, 5.41) is 40.1. The van der Waals surface area contributed by atoms with Gasteiger partial charge in [0, 0.05) is 12.8 Å². The Kier molecular flexibility index (Phi) is 35.3. The third kappa shape index (κ3) is 30.3. The number of allylic oxidation sites excluding steroid dienone is 16. The molecule has 1 aliphatic heterocycles. The molecule has 0 bridgehead atoms. The highest BCUT2D eigenvalue weighted by Gasteiger charge is 2.44. The molecule has 0 aromatic carbocycles. The van der Waals surface area contributed by atoms with E-state index in [0.717, 1.165) is 77.0 Å². The molecule has 0 radical (unpaired) electrons. The van der Waals surface area contributed by atoms with Gasteiger partial charge in [-0.3, -0.25) is 9.59 Å². The number of unbranched alkanes of at least 4 members (excludes halogenated alkanes) is 9. The van der Waals surface area contributed by atoms with E-state index in [0.29, 0.717) is 12.8 Å². The molecule has 334 valence electrons. The summed E-state index contributed by atoms with van der Waals surface area (Å²) in [6, 6.07) is 0. The minimum Gasteiger partial charge on any atom is -0.462 e. The number of aliphatic hydroxyl groups excluding tert-OH is 4. The second-order valence-electron chi connectivity index (χ2n) is 14.8. The third-order valence-electron chi connectivity index (χ3n) is 9.49. The van der Waals surface area contributed by atoms with Crippen LogP contribution in [0.15, 0.2) is 97.2 Å². The van der Waals surface area contributed by atoms with Gasteiger partial charge in [-0.05, 0) is 77.0 Å². The second kappa shape index (κ2) is 38.8. The quantitative estimate of drug-likeness (QED) is 0.0210. The number of hydrogen-bond acceptors (Lipinski definition) is 10. The number of ether oxygens (including phenoxy) is 4. The van der Waals surface area contributed by atoms with Crippen molar-refractivity contribution in [1.29, 1.82) is 0 Å². The van der Waals surface area contributed by atoms with Gasteiger partial charge in [-0.25, -0.2) is 0 Å². The summed E-state index contributed by atoms with van der Waals surface area (Å²) >= 11 is 0. The molecule has 0 aliphatic carbocycles. The maximum atomic E-state index is 12.7. The first-order valence-corrected chi connectivity index (χ1v) is 22.3. The molecule has 0 aromatic heterocycles. The van der Waals surface area contributed by atoms with Gasteiger partial charge in [0.2, 0.25) is 0 Å². The highest BCUT2D eigenvalue weighted by Crippen LogP contribution is 2.22. The van der Waals surface area contributed by atoms with Crippen molar-refractivity contribution in [2.45, 2.75) is 179 Å². The largest absolute Gasteiger partial charge is 0.462 e. The van der Waals surface area contributed by atoms with E-state index in [-0.39, 0.29) is 26.1 Å². The average Bonchev–Trinajstić information content (AvgIpc) is 3.23. The Balaban J connectivity index is 2.42.